The number of aromatic nitrogens is 2. The maximum Gasteiger partial charge on any atom is 0.336 e. The zero-order valence-electron chi connectivity index (χ0n) is 27.1. The van der Waals surface area contributed by atoms with Crippen molar-refractivity contribution in [3.8, 4) is 11.1 Å². The van der Waals surface area contributed by atoms with Crippen LogP contribution in [0.3, 0.4) is 0 Å². The molecule has 4 N–H and O–H groups in total. The van der Waals surface area contributed by atoms with Gasteiger partial charge in [-0.1, -0.05) is 75.0 Å². The Kier molecular flexibility index (Phi) is 10.3. The van der Waals surface area contributed by atoms with E-state index in [1.807, 2.05) is 55.5 Å². The second-order valence-corrected chi connectivity index (χ2v) is 14.0. The Morgan fingerprint density at radius 2 is 1.80 bits per heavy atom. The van der Waals surface area contributed by atoms with Gasteiger partial charge < -0.3 is 20.7 Å². The van der Waals surface area contributed by atoms with Crippen LogP contribution in [-0.4, -0.2) is 49.0 Å². The summed E-state index contributed by atoms with van der Waals surface area (Å²) in [5, 5.41) is 12.9. The lowest BCUT2D eigenvalue weighted by Crippen LogP contribution is -2.52. The Balaban J connectivity index is 1.40. The number of carboxylic acids is 1. The molecule has 1 aromatic heterocycles. The van der Waals surface area contributed by atoms with E-state index in [-0.39, 0.29) is 22.6 Å². The van der Waals surface area contributed by atoms with Crippen LogP contribution in [-0.2, 0) is 17.8 Å². The first-order valence-corrected chi connectivity index (χ1v) is 17.2. The summed E-state index contributed by atoms with van der Waals surface area (Å²) in [5.41, 5.74) is 11.6. The first-order valence-electron chi connectivity index (χ1n) is 16.2. The van der Waals surface area contributed by atoms with Crippen LogP contribution in [0.2, 0.25) is 0 Å². The van der Waals surface area contributed by atoms with Crippen LogP contribution >= 0.6 is 11.8 Å². The minimum atomic E-state index is -0.954. The number of nitrogens with one attached hydrogen (secondary N) is 1. The normalized spacial score (nSPS) is 14.7. The molecule has 1 aliphatic rings. The molecule has 242 valence electrons. The average molecular weight is 641 g/mol. The number of amides is 1. The molecule has 3 aromatic carbocycles. The number of carbonyl (C=O) groups excluding carboxylic acids is 2. The van der Waals surface area contributed by atoms with E-state index >= 15 is 0 Å². The molecule has 0 spiro atoms. The Morgan fingerprint density at radius 3 is 2.43 bits per heavy atom. The summed E-state index contributed by atoms with van der Waals surface area (Å²) in [6.45, 7) is 8.90. The summed E-state index contributed by atoms with van der Waals surface area (Å²) in [6.07, 6.45) is 4.93. The predicted molar refractivity (Wildman–Crippen MR) is 185 cm³/mol. The van der Waals surface area contributed by atoms with E-state index in [9.17, 15) is 19.5 Å². The molecule has 9 heteroatoms. The fraction of sp³-hybridized carbons (Fsp3) is 0.405. The van der Waals surface area contributed by atoms with Crippen molar-refractivity contribution in [1.29, 1.82) is 0 Å². The van der Waals surface area contributed by atoms with Crippen molar-refractivity contribution < 1.29 is 19.5 Å². The van der Waals surface area contributed by atoms with Gasteiger partial charge in [-0.15, -0.1) is 0 Å². The van der Waals surface area contributed by atoms with Crippen LogP contribution in [0.5, 0.6) is 0 Å². The highest BCUT2D eigenvalue weighted by molar-refractivity contribution is 8.13. The SMILES string of the molecule is CCCc1nc2c(C)cc(C(=O)N[C@@H](CSC(=O)C3(N)CCC3)CC(C)C)cc2n1Cc1ccc(-c2ccccc2C(=O)O)cc1. The molecule has 1 aliphatic carbocycles. The van der Waals surface area contributed by atoms with Gasteiger partial charge in [-0.3, -0.25) is 9.59 Å². The molecular formula is C37H44N4O4S. The summed E-state index contributed by atoms with van der Waals surface area (Å²) < 4.78 is 2.18. The molecule has 0 aliphatic heterocycles. The van der Waals surface area contributed by atoms with E-state index < -0.39 is 11.5 Å². The van der Waals surface area contributed by atoms with Gasteiger partial charge in [0.2, 0.25) is 5.12 Å². The minimum Gasteiger partial charge on any atom is -0.478 e. The fourth-order valence-electron chi connectivity index (χ4n) is 6.14. The molecule has 1 amide bonds. The number of fused-ring (bicyclic) bond motifs is 1. The van der Waals surface area contributed by atoms with Crippen LogP contribution in [0.15, 0.2) is 60.7 Å². The number of nitrogens with zero attached hydrogens (tertiary/aromatic N) is 2. The maximum absolute atomic E-state index is 13.7. The van der Waals surface area contributed by atoms with Gasteiger partial charge in [-0.05, 0) is 85.4 Å². The average Bonchev–Trinajstić information content (AvgIpc) is 3.35. The van der Waals surface area contributed by atoms with Gasteiger partial charge in [-0.2, -0.15) is 0 Å². The van der Waals surface area contributed by atoms with E-state index in [2.05, 4.69) is 30.7 Å². The van der Waals surface area contributed by atoms with Crippen molar-refractivity contribution in [3.05, 3.63) is 88.7 Å². The van der Waals surface area contributed by atoms with Gasteiger partial charge >= 0.3 is 5.97 Å². The lowest BCUT2D eigenvalue weighted by molar-refractivity contribution is -0.118. The van der Waals surface area contributed by atoms with E-state index in [1.165, 1.54) is 11.8 Å². The molecule has 0 saturated heterocycles. The third-order valence-electron chi connectivity index (χ3n) is 8.78. The standard InChI is InChI=1S/C37H44N4O4S/c1-5-9-32-40-33-24(4)19-27(34(42)39-28(18-23(2)3)22-46-36(45)37(38)16-8-17-37)20-31(33)41(32)21-25-12-14-26(15-13-25)29-10-6-7-11-30(29)35(43)44/h6-7,10-15,19-20,23,28H,5,8-9,16-18,21-22,38H2,1-4H3,(H,39,42)(H,43,44)/t28-/m1/s1. The molecule has 8 nitrogen and oxygen atoms in total. The molecule has 5 rings (SSSR count). The molecular weight excluding hydrogens is 596 g/mol. The number of carboxylic acid groups (broad SMARTS) is 1. The molecule has 0 radical (unpaired) electrons. The van der Waals surface area contributed by atoms with Crippen molar-refractivity contribution in [3.63, 3.8) is 0 Å². The van der Waals surface area contributed by atoms with Gasteiger partial charge in [0.25, 0.3) is 5.91 Å². The van der Waals surface area contributed by atoms with Crippen molar-refractivity contribution >= 4 is 39.8 Å². The Bertz CT molecular complexity index is 1740. The quantitative estimate of drug-likeness (QED) is 0.144. The summed E-state index contributed by atoms with van der Waals surface area (Å²) >= 11 is 1.24. The fourth-order valence-corrected chi connectivity index (χ4v) is 7.21. The van der Waals surface area contributed by atoms with Crippen molar-refractivity contribution in [2.75, 3.05) is 5.75 Å². The van der Waals surface area contributed by atoms with Gasteiger partial charge in [0, 0.05) is 30.3 Å². The molecule has 46 heavy (non-hydrogen) atoms. The third-order valence-corrected chi connectivity index (χ3v) is 10.0. The number of hydrogen-bond acceptors (Lipinski definition) is 6. The smallest absolute Gasteiger partial charge is 0.336 e. The summed E-state index contributed by atoms with van der Waals surface area (Å²) in [6, 6.07) is 18.6. The molecule has 1 heterocycles. The zero-order chi connectivity index (χ0) is 33.0. The number of rotatable bonds is 13. The number of carbonyl (C=O) groups is 3. The Labute approximate surface area is 275 Å². The summed E-state index contributed by atoms with van der Waals surface area (Å²) in [7, 11) is 0. The van der Waals surface area contributed by atoms with E-state index in [4.69, 9.17) is 10.7 Å². The molecule has 4 aromatic rings. The Morgan fingerprint density at radius 1 is 1.09 bits per heavy atom. The molecule has 0 unspecified atom stereocenters. The monoisotopic (exact) mass is 640 g/mol. The maximum atomic E-state index is 13.7. The van der Waals surface area contributed by atoms with E-state index in [0.29, 0.717) is 29.3 Å². The molecule has 0 bridgehead atoms. The van der Waals surface area contributed by atoms with Gasteiger partial charge in [-0.25, -0.2) is 9.78 Å². The largest absolute Gasteiger partial charge is 0.478 e. The van der Waals surface area contributed by atoms with Gasteiger partial charge in [0.15, 0.2) is 0 Å². The van der Waals surface area contributed by atoms with E-state index in [0.717, 1.165) is 72.1 Å². The number of nitrogens with two attached hydrogens (primary N) is 1. The van der Waals surface area contributed by atoms with Crippen LogP contribution in [0.4, 0.5) is 0 Å². The lowest BCUT2D eigenvalue weighted by Gasteiger charge is -2.36. The number of aromatic carboxylic acids is 1. The highest BCUT2D eigenvalue weighted by Gasteiger charge is 2.40. The molecule has 1 saturated carbocycles. The second-order valence-electron chi connectivity index (χ2n) is 13.0. The lowest BCUT2D eigenvalue weighted by atomic mass is 9.79. The number of imidazole rings is 1. The number of thioether (sulfide) groups is 1. The first-order chi connectivity index (χ1) is 22.0. The van der Waals surface area contributed by atoms with Crippen LogP contribution < -0.4 is 11.1 Å². The van der Waals surface area contributed by atoms with Crippen molar-refractivity contribution in [2.24, 2.45) is 11.7 Å². The minimum absolute atomic E-state index is 0.0190. The molecule has 1 atom stereocenters. The Hall–Kier alpha value is -3.95. The third kappa shape index (κ3) is 7.37. The highest BCUT2D eigenvalue weighted by Crippen LogP contribution is 2.34. The van der Waals surface area contributed by atoms with Crippen molar-refractivity contribution in [1.82, 2.24) is 14.9 Å². The van der Waals surface area contributed by atoms with Crippen LogP contribution in [0.1, 0.15) is 90.5 Å². The summed E-state index contributed by atoms with van der Waals surface area (Å²) in [4.78, 5) is 43.2. The van der Waals surface area contributed by atoms with E-state index in [1.54, 1.807) is 12.1 Å². The number of aryl methyl sites for hydroxylation is 2. The van der Waals surface area contributed by atoms with Crippen LogP contribution in [0, 0.1) is 12.8 Å². The van der Waals surface area contributed by atoms with Gasteiger partial charge in [0.1, 0.15) is 5.82 Å². The van der Waals surface area contributed by atoms with Gasteiger partial charge in [0.05, 0.1) is 22.1 Å². The molecule has 1 fully saturated rings. The first kappa shape index (κ1) is 33.4. The predicted octanol–water partition coefficient (Wildman–Crippen LogP) is 7.00. The topological polar surface area (TPSA) is 127 Å². The summed E-state index contributed by atoms with van der Waals surface area (Å²) in [5.74, 6) is 0.681. The van der Waals surface area contributed by atoms with Crippen molar-refractivity contribution in [2.45, 2.75) is 84.3 Å². The highest BCUT2D eigenvalue weighted by atomic mass is 32.2. The second kappa shape index (κ2) is 14.2. The van der Waals surface area contributed by atoms with Crippen LogP contribution in [0.25, 0.3) is 22.2 Å². The zero-order valence-corrected chi connectivity index (χ0v) is 28.0. The number of benzene rings is 3. The number of hydrogen-bond donors (Lipinski definition) is 3.